The van der Waals surface area contributed by atoms with E-state index < -0.39 is 0 Å². The van der Waals surface area contributed by atoms with E-state index in [1.807, 2.05) is 19.2 Å². The number of anilines is 1. The third-order valence-corrected chi connectivity index (χ3v) is 2.70. The van der Waals surface area contributed by atoms with Crippen LogP contribution in [0.1, 0.15) is 5.56 Å². The van der Waals surface area contributed by atoms with E-state index in [0.717, 1.165) is 5.69 Å². The van der Waals surface area contributed by atoms with Crippen molar-refractivity contribution in [3.63, 3.8) is 0 Å². The highest BCUT2D eigenvalue weighted by atomic mass is 127. The van der Waals surface area contributed by atoms with Crippen molar-refractivity contribution in [2.45, 2.75) is 6.92 Å². The van der Waals surface area contributed by atoms with Gasteiger partial charge in [0.25, 0.3) is 0 Å². The van der Waals surface area contributed by atoms with Crippen molar-refractivity contribution in [2.75, 3.05) is 12.5 Å². The van der Waals surface area contributed by atoms with Gasteiger partial charge >= 0.3 is 0 Å². The summed E-state index contributed by atoms with van der Waals surface area (Å²) in [5, 5.41) is 0. The molecule has 0 unspecified atom stereocenters. The Bertz CT molecular complexity index is 248. The molecule has 0 amide bonds. The van der Waals surface area contributed by atoms with Crippen LogP contribution in [0.5, 0.6) is 0 Å². The van der Waals surface area contributed by atoms with E-state index in [4.69, 9.17) is 0 Å². The summed E-state index contributed by atoms with van der Waals surface area (Å²) in [6.45, 7) is 2.10. The van der Waals surface area contributed by atoms with Crippen molar-refractivity contribution in [1.29, 1.82) is 0 Å². The van der Waals surface area contributed by atoms with Crippen LogP contribution < -0.4 is 10.9 Å². The number of rotatable bonds is 2. The molecular weight excluding hydrogens is 251 g/mol. The molecule has 1 aromatic carbocycles. The average molecular weight is 262 g/mol. The monoisotopic (exact) mass is 262 g/mol. The summed E-state index contributed by atoms with van der Waals surface area (Å²) < 4.78 is 1.28. The van der Waals surface area contributed by atoms with Crippen LogP contribution in [0.4, 0.5) is 5.69 Å². The second-order valence-corrected chi connectivity index (χ2v) is 3.45. The maximum absolute atomic E-state index is 3.06. The van der Waals surface area contributed by atoms with E-state index >= 15 is 0 Å². The van der Waals surface area contributed by atoms with Gasteiger partial charge in [-0.15, -0.1) is 0 Å². The molecule has 1 aromatic rings. The lowest BCUT2D eigenvalue weighted by Gasteiger charge is -2.08. The first-order chi connectivity index (χ1) is 5.25. The molecule has 0 aliphatic heterocycles. The van der Waals surface area contributed by atoms with E-state index in [1.54, 1.807) is 0 Å². The fraction of sp³-hybridized carbons (Fsp3) is 0.250. The molecule has 3 heteroatoms. The summed E-state index contributed by atoms with van der Waals surface area (Å²) in [6.07, 6.45) is 0. The van der Waals surface area contributed by atoms with Gasteiger partial charge in [0.1, 0.15) is 0 Å². The number of hydrogen-bond donors (Lipinski definition) is 2. The molecule has 60 valence electrons. The Morgan fingerprint density at radius 2 is 2.09 bits per heavy atom. The zero-order valence-electron chi connectivity index (χ0n) is 6.61. The van der Waals surface area contributed by atoms with Gasteiger partial charge in [0.2, 0.25) is 0 Å². The summed E-state index contributed by atoms with van der Waals surface area (Å²) in [7, 11) is 1.86. The van der Waals surface area contributed by atoms with E-state index in [2.05, 4.69) is 46.4 Å². The Labute approximate surface area is 80.5 Å². The smallest absolute Gasteiger partial charge is 0.0527 e. The Morgan fingerprint density at radius 1 is 1.36 bits per heavy atom. The van der Waals surface area contributed by atoms with Crippen LogP contribution in [0.2, 0.25) is 0 Å². The number of halogens is 1. The van der Waals surface area contributed by atoms with Crippen LogP contribution in [0.3, 0.4) is 0 Å². The molecule has 0 aromatic heterocycles. The van der Waals surface area contributed by atoms with Crippen molar-refractivity contribution in [2.24, 2.45) is 0 Å². The third kappa shape index (κ3) is 2.07. The summed E-state index contributed by atoms with van der Waals surface area (Å²) in [5.74, 6) is 0. The van der Waals surface area contributed by atoms with E-state index in [0.29, 0.717) is 0 Å². The van der Waals surface area contributed by atoms with E-state index in [-0.39, 0.29) is 0 Å². The minimum atomic E-state index is 1.14. The van der Waals surface area contributed by atoms with Crippen LogP contribution in [0.25, 0.3) is 0 Å². The van der Waals surface area contributed by atoms with Gasteiger partial charge < -0.3 is 5.43 Å². The summed E-state index contributed by atoms with van der Waals surface area (Å²) >= 11 is 2.32. The number of hydrazine groups is 1. The second-order valence-electron chi connectivity index (χ2n) is 2.29. The van der Waals surface area contributed by atoms with Gasteiger partial charge in [-0.05, 0) is 47.2 Å². The minimum Gasteiger partial charge on any atom is -0.321 e. The van der Waals surface area contributed by atoms with Gasteiger partial charge in [-0.2, -0.15) is 0 Å². The van der Waals surface area contributed by atoms with Gasteiger partial charge in [0.05, 0.1) is 5.69 Å². The Morgan fingerprint density at radius 3 is 2.73 bits per heavy atom. The summed E-state index contributed by atoms with van der Waals surface area (Å²) in [5.41, 5.74) is 8.38. The van der Waals surface area contributed by atoms with Gasteiger partial charge in [-0.1, -0.05) is 6.07 Å². The van der Waals surface area contributed by atoms with Crippen molar-refractivity contribution in [3.05, 3.63) is 27.3 Å². The molecule has 1 rings (SSSR count). The first-order valence-corrected chi connectivity index (χ1v) is 4.51. The van der Waals surface area contributed by atoms with E-state index in [9.17, 15) is 0 Å². The van der Waals surface area contributed by atoms with Crippen LogP contribution in [0, 0.1) is 10.5 Å². The molecule has 0 aliphatic rings. The molecule has 0 fully saturated rings. The molecule has 2 N–H and O–H groups in total. The molecule has 0 heterocycles. The van der Waals surface area contributed by atoms with Crippen molar-refractivity contribution in [3.8, 4) is 0 Å². The molecule has 0 bridgehead atoms. The zero-order chi connectivity index (χ0) is 8.27. The molecule has 11 heavy (non-hydrogen) atoms. The zero-order valence-corrected chi connectivity index (χ0v) is 8.77. The number of hydrogen-bond acceptors (Lipinski definition) is 2. The molecule has 0 saturated carbocycles. The van der Waals surface area contributed by atoms with Gasteiger partial charge in [-0.3, -0.25) is 0 Å². The van der Waals surface area contributed by atoms with E-state index in [1.165, 1.54) is 9.13 Å². The topological polar surface area (TPSA) is 24.1 Å². The standard InChI is InChI=1S/C8H11IN2/c1-6-7(9)4-3-5-8(6)11-10-2/h3-5,10-11H,1-2H3. The first-order valence-electron chi connectivity index (χ1n) is 3.43. The Hall–Kier alpha value is -0.290. The first kappa shape index (κ1) is 8.80. The van der Waals surface area contributed by atoms with Gasteiger partial charge in [0, 0.05) is 10.6 Å². The largest absolute Gasteiger partial charge is 0.321 e. The third-order valence-electron chi connectivity index (χ3n) is 1.53. The highest BCUT2D eigenvalue weighted by molar-refractivity contribution is 14.1. The van der Waals surface area contributed by atoms with Gasteiger partial charge in [0.15, 0.2) is 0 Å². The molecule has 0 spiro atoms. The maximum Gasteiger partial charge on any atom is 0.0527 e. The Balaban J connectivity index is 2.96. The van der Waals surface area contributed by atoms with Crippen molar-refractivity contribution >= 4 is 28.3 Å². The molecule has 0 radical (unpaired) electrons. The van der Waals surface area contributed by atoms with Gasteiger partial charge in [-0.25, -0.2) is 5.43 Å². The minimum absolute atomic E-state index is 1.14. The lowest BCUT2D eigenvalue weighted by atomic mass is 10.2. The normalized spacial score (nSPS) is 9.73. The number of benzene rings is 1. The van der Waals surface area contributed by atoms with Crippen LogP contribution in [-0.4, -0.2) is 7.05 Å². The highest BCUT2D eigenvalue weighted by Crippen LogP contribution is 2.19. The molecule has 0 atom stereocenters. The molecular formula is C8H11IN2. The fourth-order valence-corrected chi connectivity index (χ4v) is 1.38. The van der Waals surface area contributed by atoms with Crippen LogP contribution in [-0.2, 0) is 0 Å². The molecule has 0 saturated heterocycles. The average Bonchev–Trinajstić information content (AvgIpc) is 1.99. The Kier molecular flexibility index (Phi) is 3.14. The lowest BCUT2D eigenvalue weighted by molar-refractivity contribution is 0.979. The predicted octanol–water partition coefficient (Wildman–Crippen LogP) is 2.15. The maximum atomic E-state index is 3.06. The predicted molar refractivity (Wildman–Crippen MR) is 56.6 cm³/mol. The lowest BCUT2D eigenvalue weighted by Crippen LogP contribution is -2.15. The SMILES string of the molecule is CNNc1cccc(I)c1C. The summed E-state index contributed by atoms with van der Waals surface area (Å²) in [6, 6.07) is 6.18. The van der Waals surface area contributed by atoms with Crippen molar-refractivity contribution in [1.82, 2.24) is 5.43 Å². The summed E-state index contributed by atoms with van der Waals surface area (Å²) in [4.78, 5) is 0. The van der Waals surface area contributed by atoms with Crippen LogP contribution in [0.15, 0.2) is 18.2 Å². The fourth-order valence-electron chi connectivity index (χ4n) is 0.878. The van der Waals surface area contributed by atoms with Crippen LogP contribution >= 0.6 is 22.6 Å². The molecule has 0 aliphatic carbocycles. The molecule has 2 nitrogen and oxygen atoms in total. The highest BCUT2D eigenvalue weighted by Gasteiger charge is 1.98. The van der Waals surface area contributed by atoms with Crippen molar-refractivity contribution < 1.29 is 0 Å². The quantitative estimate of drug-likeness (QED) is 0.630. The second kappa shape index (κ2) is 3.92. The number of nitrogens with one attached hydrogen (secondary N) is 2.